The molecule has 2 heterocycles. The van der Waals surface area contributed by atoms with Crippen molar-refractivity contribution in [3.05, 3.63) is 47.8 Å². The van der Waals surface area contributed by atoms with Crippen molar-refractivity contribution in [2.45, 2.75) is 39.5 Å². The Hall–Kier alpha value is -2.63. The zero-order chi connectivity index (χ0) is 18.4. The van der Waals surface area contributed by atoms with Crippen molar-refractivity contribution < 1.29 is 9.47 Å². The highest BCUT2D eigenvalue weighted by Gasteiger charge is 2.21. The first-order chi connectivity index (χ1) is 12.7. The highest BCUT2D eigenvalue weighted by atomic mass is 16.5. The van der Waals surface area contributed by atoms with Crippen LogP contribution in [0.2, 0.25) is 0 Å². The monoisotopic (exact) mass is 356 g/mol. The second-order valence-electron chi connectivity index (χ2n) is 6.41. The number of ether oxygens (including phenoxy) is 2. The molecule has 1 aliphatic heterocycles. The molecule has 0 radical (unpaired) electrons. The van der Waals surface area contributed by atoms with E-state index in [9.17, 15) is 0 Å². The molecule has 140 valence electrons. The number of rotatable bonds is 7. The Morgan fingerprint density at radius 1 is 1.31 bits per heavy atom. The smallest absolute Gasteiger partial charge is 0.191 e. The summed E-state index contributed by atoms with van der Waals surface area (Å²) in [4.78, 5) is 4.30. The zero-order valence-electron chi connectivity index (χ0n) is 15.8. The van der Waals surface area contributed by atoms with Crippen LogP contribution in [0, 0.1) is 0 Å². The quantitative estimate of drug-likeness (QED) is 0.591. The minimum atomic E-state index is 0.228. The molecule has 0 amide bonds. The highest BCUT2D eigenvalue weighted by Crippen LogP contribution is 2.35. The van der Waals surface area contributed by atoms with Gasteiger partial charge in [0, 0.05) is 56.6 Å². The van der Waals surface area contributed by atoms with Crippen LogP contribution in [0.3, 0.4) is 0 Å². The molecule has 1 unspecified atom stereocenters. The molecular formula is C20H28N4O2. The van der Waals surface area contributed by atoms with E-state index in [1.807, 2.05) is 19.1 Å². The van der Waals surface area contributed by atoms with Gasteiger partial charge < -0.3 is 24.7 Å². The van der Waals surface area contributed by atoms with E-state index in [2.05, 4.69) is 51.6 Å². The Morgan fingerprint density at radius 2 is 2.12 bits per heavy atom. The predicted molar refractivity (Wildman–Crippen MR) is 104 cm³/mol. The Labute approximate surface area is 155 Å². The molecule has 1 aromatic heterocycles. The number of nitrogens with one attached hydrogen (secondary N) is 2. The fraction of sp³-hybridized carbons (Fsp3) is 0.450. The lowest BCUT2D eigenvalue weighted by Crippen LogP contribution is -2.38. The molecular weight excluding hydrogens is 328 g/mol. The number of hydrogen-bond acceptors (Lipinski definition) is 3. The van der Waals surface area contributed by atoms with E-state index in [0.717, 1.165) is 42.5 Å². The highest BCUT2D eigenvalue weighted by molar-refractivity contribution is 5.79. The molecule has 6 nitrogen and oxygen atoms in total. The molecule has 0 bridgehead atoms. The summed E-state index contributed by atoms with van der Waals surface area (Å²) in [6.07, 6.45) is 5.27. The van der Waals surface area contributed by atoms with E-state index in [1.165, 1.54) is 5.56 Å². The van der Waals surface area contributed by atoms with Gasteiger partial charge in [0.25, 0.3) is 0 Å². The van der Waals surface area contributed by atoms with Crippen molar-refractivity contribution in [3.63, 3.8) is 0 Å². The molecule has 0 saturated carbocycles. The molecule has 0 saturated heterocycles. The molecule has 0 aliphatic carbocycles. The van der Waals surface area contributed by atoms with Crippen molar-refractivity contribution in [2.75, 3.05) is 20.2 Å². The number of guanidine groups is 1. The van der Waals surface area contributed by atoms with E-state index >= 15 is 0 Å². The van der Waals surface area contributed by atoms with Crippen LogP contribution in [-0.4, -0.2) is 36.8 Å². The van der Waals surface area contributed by atoms with E-state index < -0.39 is 0 Å². The van der Waals surface area contributed by atoms with Gasteiger partial charge in [-0.3, -0.25) is 4.99 Å². The molecule has 3 rings (SSSR count). The Balaban J connectivity index is 1.59. The van der Waals surface area contributed by atoms with E-state index in [4.69, 9.17) is 9.47 Å². The minimum absolute atomic E-state index is 0.228. The average Bonchev–Trinajstić information content (AvgIpc) is 3.26. The van der Waals surface area contributed by atoms with E-state index in [0.29, 0.717) is 13.2 Å². The lowest BCUT2D eigenvalue weighted by molar-refractivity contribution is 0.254. The van der Waals surface area contributed by atoms with Gasteiger partial charge >= 0.3 is 0 Å². The number of fused-ring (bicyclic) bond motifs is 1. The van der Waals surface area contributed by atoms with E-state index in [-0.39, 0.29) is 6.10 Å². The Kier molecular flexibility index (Phi) is 6.04. The van der Waals surface area contributed by atoms with Crippen LogP contribution in [-0.2, 0) is 19.5 Å². The van der Waals surface area contributed by atoms with Gasteiger partial charge in [-0.05, 0) is 38.1 Å². The van der Waals surface area contributed by atoms with Crippen molar-refractivity contribution in [3.8, 4) is 11.5 Å². The van der Waals surface area contributed by atoms with Gasteiger partial charge in [-0.2, -0.15) is 0 Å². The minimum Gasteiger partial charge on any atom is -0.494 e. The molecule has 2 N–H and O–H groups in total. The standard InChI is InChI=1S/C20H28N4O2/c1-4-25-18-12-16-11-15(2)26-19(16)13-17(18)14-23-20(21-3)22-7-10-24-8-5-6-9-24/h5-6,8-9,12-13,15H,4,7,10-11,14H2,1-3H3,(H2,21,22,23). The molecule has 6 heteroatoms. The third-order valence-electron chi connectivity index (χ3n) is 4.38. The molecule has 26 heavy (non-hydrogen) atoms. The van der Waals surface area contributed by atoms with Gasteiger partial charge in [-0.25, -0.2) is 0 Å². The fourth-order valence-electron chi connectivity index (χ4n) is 3.13. The number of nitrogens with zero attached hydrogens (tertiary/aromatic N) is 2. The predicted octanol–water partition coefficient (Wildman–Crippen LogP) is 2.58. The molecule has 1 atom stereocenters. The first-order valence-electron chi connectivity index (χ1n) is 9.20. The second-order valence-corrected chi connectivity index (χ2v) is 6.41. The maximum atomic E-state index is 5.89. The summed E-state index contributed by atoms with van der Waals surface area (Å²) in [6.45, 7) is 7.07. The number of benzene rings is 1. The summed E-state index contributed by atoms with van der Waals surface area (Å²) >= 11 is 0. The van der Waals surface area contributed by atoms with Gasteiger partial charge in [0.05, 0.1) is 6.61 Å². The largest absolute Gasteiger partial charge is 0.494 e. The molecule has 1 aliphatic rings. The summed E-state index contributed by atoms with van der Waals surface area (Å²) in [5, 5.41) is 6.70. The third-order valence-corrected chi connectivity index (χ3v) is 4.38. The van der Waals surface area contributed by atoms with Crippen LogP contribution in [0.1, 0.15) is 25.0 Å². The molecule has 2 aromatic rings. The lowest BCUT2D eigenvalue weighted by Gasteiger charge is -2.16. The van der Waals surface area contributed by atoms with Crippen molar-refractivity contribution in [1.29, 1.82) is 0 Å². The summed E-state index contributed by atoms with van der Waals surface area (Å²) in [7, 11) is 1.78. The van der Waals surface area contributed by atoms with Gasteiger partial charge in [0.1, 0.15) is 17.6 Å². The number of hydrogen-bond donors (Lipinski definition) is 2. The normalized spacial score (nSPS) is 16.1. The molecule has 0 spiro atoms. The van der Waals surface area contributed by atoms with Gasteiger partial charge in [-0.1, -0.05) is 0 Å². The number of aromatic nitrogens is 1. The summed E-state index contributed by atoms with van der Waals surface area (Å²) in [5.74, 6) is 2.65. The van der Waals surface area contributed by atoms with E-state index in [1.54, 1.807) is 7.05 Å². The Morgan fingerprint density at radius 3 is 2.85 bits per heavy atom. The SMILES string of the molecule is CCOc1cc2c(cc1CNC(=NC)NCCn1cccc1)OC(C)C2. The fourth-order valence-corrected chi connectivity index (χ4v) is 3.13. The van der Waals surface area contributed by atoms with Crippen LogP contribution in [0.5, 0.6) is 11.5 Å². The topological polar surface area (TPSA) is 59.8 Å². The van der Waals surface area contributed by atoms with Gasteiger partial charge in [-0.15, -0.1) is 0 Å². The Bertz CT molecular complexity index is 741. The average molecular weight is 356 g/mol. The number of aliphatic imine (C=N–C) groups is 1. The maximum absolute atomic E-state index is 5.89. The van der Waals surface area contributed by atoms with Crippen molar-refractivity contribution in [1.82, 2.24) is 15.2 Å². The first-order valence-corrected chi connectivity index (χ1v) is 9.20. The summed E-state index contributed by atoms with van der Waals surface area (Å²) in [5.41, 5.74) is 2.30. The summed E-state index contributed by atoms with van der Waals surface area (Å²) < 4.78 is 13.9. The third kappa shape index (κ3) is 4.50. The van der Waals surface area contributed by atoms with Crippen LogP contribution in [0.25, 0.3) is 0 Å². The molecule has 1 aromatic carbocycles. The summed E-state index contributed by atoms with van der Waals surface area (Å²) in [6, 6.07) is 8.25. The van der Waals surface area contributed by atoms with Crippen molar-refractivity contribution in [2.24, 2.45) is 4.99 Å². The van der Waals surface area contributed by atoms with Crippen LogP contribution < -0.4 is 20.1 Å². The van der Waals surface area contributed by atoms with Crippen LogP contribution >= 0.6 is 0 Å². The van der Waals surface area contributed by atoms with Crippen LogP contribution in [0.4, 0.5) is 0 Å². The second kappa shape index (κ2) is 8.65. The van der Waals surface area contributed by atoms with Crippen LogP contribution in [0.15, 0.2) is 41.7 Å². The van der Waals surface area contributed by atoms with Gasteiger partial charge in [0.15, 0.2) is 5.96 Å². The first kappa shape index (κ1) is 18.2. The zero-order valence-corrected chi connectivity index (χ0v) is 15.8. The maximum Gasteiger partial charge on any atom is 0.191 e. The van der Waals surface area contributed by atoms with Gasteiger partial charge in [0.2, 0.25) is 0 Å². The van der Waals surface area contributed by atoms with Crippen molar-refractivity contribution >= 4 is 5.96 Å². The lowest BCUT2D eigenvalue weighted by atomic mass is 10.1. The molecule has 0 fully saturated rings.